The molecule has 1 amide bonds. The van der Waals surface area contributed by atoms with Crippen LogP contribution < -0.4 is 5.32 Å². The van der Waals surface area contributed by atoms with Gasteiger partial charge < -0.3 is 5.32 Å². The summed E-state index contributed by atoms with van der Waals surface area (Å²) >= 11 is 4.55. The van der Waals surface area contributed by atoms with Crippen molar-refractivity contribution in [1.29, 1.82) is 5.26 Å². The number of hydrogen-bond donors (Lipinski definition) is 2. The van der Waals surface area contributed by atoms with E-state index in [1.165, 1.54) is 27.9 Å². The van der Waals surface area contributed by atoms with Crippen LogP contribution in [0.3, 0.4) is 0 Å². The Labute approximate surface area is 181 Å². The number of nitrogens with one attached hydrogen (secondary N) is 2. The normalized spacial score (nSPS) is 14.6. The number of thiophene rings is 2. The SMILES string of the molecule is CC(Sc1n[nH]c(Cc2cccs2)n1)C(=O)Nc1sc2c(c1C#N)CCCCC2. The van der Waals surface area contributed by atoms with Crippen LogP contribution in [-0.4, -0.2) is 26.3 Å². The number of aromatic nitrogens is 3. The number of carbonyl (C=O) groups excluding carboxylic acids is 1. The highest BCUT2D eigenvalue weighted by Gasteiger charge is 2.23. The van der Waals surface area contributed by atoms with Crippen LogP contribution in [0, 0.1) is 11.3 Å². The van der Waals surface area contributed by atoms with Gasteiger partial charge in [-0.05, 0) is 49.6 Å². The Morgan fingerprint density at radius 2 is 2.28 bits per heavy atom. The van der Waals surface area contributed by atoms with E-state index in [0.29, 0.717) is 22.1 Å². The lowest BCUT2D eigenvalue weighted by molar-refractivity contribution is -0.115. The monoisotopic (exact) mass is 443 g/mol. The van der Waals surface area contributed by atoms with Gasteiger partial charge in [0.05, 0.1) is 10.8 Å². The van der Waals surface area contributed by atoms with Crippen molar-refractivity contribution in [2.45, 2.75) is 55.9 Å². The summed E-state index contributed by atoms with van der Waals surface area (Å²) in [7, 11) is 0. The van der Waals surface area contributed by atoms with Gasteiger partial charge in [-0.15, -0.1) is 27.8 Å². The van der Waals surface area contributed by atoms with E-state index in [1.54, 1.807) is 22.7 Å². The van der Waals surface area contributed by atoms with E-state index < -0.39 is 0 Å². The van der Waals surface area contributed by atoms with Gasteiger partial charge in [-0.25, -0.2) is 4.98 Å². The number of carbonyl (C=O) groups is 1. The van der Waals surface area contributed by atoms with E-state index in [4.69, 9.17) is 0 Å². The van der Waals surface area contributed by atoms with Gasteiger partial charge in [0.2, 0.25) is 11.1 Å². The first kappa shape index (κ1) is 20.1. The number of nitriles is 1. The van der Waals surface area contributed by atoms with Gasteiger partial charge in [-0.2, -0.15) is 5.26 Å². The zero-order valence-corrected chi connectivity index (χ0v) is 18.5. The van der Waals surface area contributed by atoms with Gasteiger partial charge in [-0.3, -0.25) is 9.89 Å². The lowest BCUT2D eigenvalue weighted by Crippen LogP contribution is -2.22. The lowest BCUT2D eigenvalue weighted by atomic mass is 10.1. The number of anilines is 1. The molecule has 3 aromatic heterocycles. The molecule has 9 heteroatoms. The maximum Gasteiger partial charge on any atom is 0.238 e. The second kappa shape index (κ2) is 9.11. The van der Waals surface area contributed by atoms with Crippen molar-refractivity contribution in [2.24, 2.45) is 0 Å². The first-order chi connectivity index (χ1) is 14.1. The molecule has 0 bridgehead atoms. The van der Waals surface area contributed by atoms with Gasteiger partial charge in [0.15, 0.2) is 0 Å². The molecule has 6 nitrogen and oxygen atoms in total. The topological polar surface area (TPSA) is 94.5 Å². The van der Waals surface area contributed by atoms with Crippen molar-refractivity contribution in [2.75, 3.05) is 5.32 Å². The second-order valence-electron chi connectivity index (χ2n) is 6.95. The summed E-state index contributed by atoms with van der Waals surface area (Å²) in [5.74, 6) is 0.656. The zero-order valence-electron chi connectivity index (χ0n) is 16.0. The maximum absolute atomic E-state index is 12.7. The average molecular weight is 444 g/mol. The summed E-state index contributed by atoms with van der Waals surface area (Å²) in [6.07, 6.45) is 6.09. The van der Waals surface area contributed by atoms with E-state index >= 15 is 0 Å². The molecular formula is C20H21N5OS3. The van der Waals surface area contributed by atoms with E-state index in [9.17, 15) is 10.1 Å². The van der Waals surface area contributed by atoms with Crippen LogP contribution in [0.4, 0.5) is 5.00 Å². The van der Waals surface area contributed by atoms with E-state index in [-0.39, 0.29) is 11.2 Å². The first-order valence-corrected chi connectivity index (χ1v) is 12.2. The van der Waals surface area contributed by atoms with Crippen LogP contribution in [0.5, 0.6) is 0 Å². The van der Waals surface area contributed by atoms with Crippen molar-refractivity contribution in [3.8, 4) is 6.07 Å². The summed E-state index contributed by atoms with van der Waals surface area (Å²) in [5.41, 5.74) is 1.78. The first-order valence-electron chi connectivity index (χ1n) is 9.60. The quantitative estimate of drug-likeness (QED) is 0.422. The Kier molecular flexibility index (Phi) is 6.33. The van der Waals surface area contributed by atoms with E-state index in [2.05, 4.69) is 32.6 Å². The predicted octanol–water partition coefficient (Wildman–Crippen LogP) is 4.78. The molecule has 1 aliphatic carbocycles. The van der Waals surface area contributed by atoms with Crippen molar-refractivity contribution < 1.29 is 4.79 Å². The van der Waals surface area contributed by atoms with Gasteiger partial charge in [0.1, 0.15) is 16.9 Å². The molecule has 1 unspecified atom stereocenters. The van der Waals surface area contributed by atoms with Gasteiger partial charge in [0, 0.05) is 16.2 Å². The Hall–Kier alpha value is -2.15. The largest absolute Gasteiger partial charge is 0.316 e. The average Bonchev–Trinajstić information content (AvgIpc) is 3.40. The standard InChI is InChI=1S/C20H21N5OS3/c1-12(28-20-22-17(24-25-20)10-13-6-5-9-27-13)18(26)23-19-15(11-21)14-7-3-2-4-8-16(14)29-19/h5-6,9,12H,2-4,7-8,10H2,1H3,(H,23,26)(H,22,24,25). The highest BCUT2D eigenvalue weighted by Crippen LogP contribution is 2.37. The molecule has 29 heavy (non-hydrogen) atoms. The van der Waals surface area contributed by atoms with Crippen LogP contribution in [0.1, 0.15) is 52.9 Å². The van der Waals surface area contributed by atoms with Crippen LogP contribution in [0.25, 0.3) is 0 Å². The number of thioether (sulfide) groups is 1. The molecule has 1 aliphatic rings. The summed E-state index contributed by atoms with van der Waals surface area (Å²) in [6, 6.07) is 6.38. The minimum Gasteiger partial charge on any atom is -0.316 e. The third-order valence-corrected chi connectivity index (χ3v) is 7.90. The van der Waals surface area contributed by atoms with E-state index in [1.807, 2.05) is 18.4 Å². The molecule has 0 aromatic carbocycles. The Bertz CT molecular complexity index is 1030. The number of aromatic amines is 1. The molecule has 0 saturated carbocycles. The highest BCUT2D eigenvalue weighted by molar-refractivity contribution is 8.00. The summed E-state index contributed by atoms with van der Waals surface area (Å²) in [6.45, 7) is 1.83. The molecule has 3 aromatic rings. The molecule has 1 atom stereocenters. The number of hydrogen-bond acceptors (Lipinski definition) is 7. The van der Waals surface area contributed by atoms with Crippen LogP contribution >= 0.6 is 34.4 Å². The molecule has 3 heterocycles. The lowest BCUT2D eigenvalue weighted by Gasteiger charge is -2.09. The minimum atomic E-state index is -0.367. The van der Waals surface area contributed by atoms with Gasteiger partial charge >= 0.3 is 0 Å². The number of amides is 1. The van der Waals surface area contributed by atoms with E-state index in [0.717, 1.165) is 37.1 Å². The minimum absolute atomic E-state index is 0.132. The molecule has 0 saturated heterocycles. The summed E-state index contributed by atoms with van der Waals surface area (Å²) < 4.78 is 0. The van der Waals surface area contributed by atoms with Crippen LogP contribution in [0.2, 0.25) is 0 Å². The number of H-pyrrole nitrogens is 1. The molecule has 2 N–H and O–H groups in total. The van der Waals surface area contributed by atoms with Crippen molar-refractivity contribution >= 4 is 45.3 Å². The Morgan fingerprint density at radius 3 is 3.07 bits per heavy atom. The molecule has 0 aliphatic heterocycles. The second-order valence-corrected chi connectivity index (χ2v) is 10.4. The third-order valence-electron chi connectivity index (χ3n) is 4.85. The van der Waals surface area contributed by atoms with Crippen molar-refractivity contribution in [3.63, 3.8) is 0 Å². The molecule has 0 radical (unpaired) electrons. The van der Waals surface area contributed by atoms with Crippen molar-refractivity contribution in [3.05, 3.63) is 44.2 Å². The number of aryl methyl sites for hydroxylation is 1. The molecule has 0 spiro atoms. The Morgan fingerprint density at radius 1 is 1.41 bits per heavy atom. The summed E-state index contributed by atoms with van der Waals surface area (Å²) in [4.78, 5) is 19.7. The van der Waals surface area contributed by atoms with Crippen LogP contribution in [0.15, 0.2) is 22.7 Å². The van der Waals surface area contributed by atoms with Gasteiger partial charge in [0.25, 0.3) is 0 Å². The molecule has 0 fully saturated rings. The maximum atomic E-state index is 12.7. The number of nitrogens with zero attached hydrogens (tertiary/aromatic N) is 3. The summed E-state index contributed by atoms with van der Waals surface area (Å²) in [5, 5.41) is 22.7. The molecule has 4 rings (SSSR count). The smallest absolute Gasteiger partial charge is 0.238 e. The fourth-order valence-electron chi connectivity index (χ4n) is 3.36. The Balaban J connectivity index is 1.40. The third kappa shape index (κ3) is 4.71. The zero-order chi connectivity index (χ0) is 20.2. The van der Waals surface area contributed by atoms with Crippen LogP contribution in [-0.2, 0) is 24.1 Å². The fourth-order valence-corrected chi connectivity index (χ4v) is 6.06. The molecular weight excluding hydrogens is 422 g/mol. The highest BCUT2D eigenvalue weighted by atomic mass is 32.2. The number of rotatable bonds is 6. The number of fused-ring (bicyclic) bond motifs is 1. The predicted molar refractivity (Wildman–Crippen MR) is 118 cm³/mol. The van der Waals surface area contributed by atoms with Crippen molar-refractivity contribution in [1.82, 2.24) is 15.2 Å². The van der Waals surface area contributed by atoms with Gasteiger partial charge in [-0.1, -0.05) is 24.2 Å². The fraction of sp³-hybridized carbons (Fsp3) is 0.400. The molecule has 150 valence electrons.